The highest BCUT2D eigenvalue weighted by atomic mass is 16.5. The molecule has 1 aromatic carbocycles. The van der Waals surface area contributed by atoms with E-state index >= 15 is 0 Å². The zero-order valence-electron chi connectivity index (χ0n) is 13.8. The van der Waals surface area contributed by atoms with Crippen LogP contribution in [0.3, 0.4) is 0 Å². The Morgan fingerprint density at radius 1 is 1.17 bits per heavy atom. The molecular formula is C18H18N4O2. The molecule has 6 nitrogen and oxygen atoms in total. The van der Waals surface area contributed by atoms with E-state index < -0.39 is 0 Å². The molecule has 0 saturated carbocycles. The van der Waals surface area contributed by atoms with Gasteiger partial charge in [-0.3, -0.25) is 4.79 Å². The van der Waals surface area contributed by atoms with E-state index in [1.807, 2.05) is 38.1 Å². The van der Waals surface area contributed by atoms with E-state index in [9.17, 15) is 4.79 Å². The van der Waals surface area contributed by atoms with E-state index in [1.54, 1.807) is 36.3 Å². The number of methoxy groups -OCH3 is 1. The highest BCUT2D eigenvalue weighted by Gasteiger charge is 2.15. The second kappa shape index (κ2) is 6.54. The number of amides is 1. The zero-order chi connectivity index (χ0) is 17.1. The largest absolute Gasteiger partial charge is 0.481 e. The molecule has 0 radical (unpaired) electrons. The third-order valence-electron chi connectivity index (χ3n) is 3.70. The Morgan fingerprint density at radius 3 is 2.67 bits per heavy atom. The minimum Gasteiger partial charge on any atom is -0.481 e. The van der Waals surface area contributed by atoms with Crippen LogP contribution >= 0.6 is 0 Å². The first-order valence-corrected chi connectivity index (χ1v) is 7.51. The summed E-state index contributed by atoms with van der Waals surface area (Å²) in [5.74, 6) is 0.273. The average molecular weight is 322 g/mol. The number of aryl methyl sites for hydroxylation is 1. The second-order valence-electron chi connectivity index (χ2n) is 5.44. The summed E-state index contributed by atoms with van der Waals surface area (Å²) in [7, 11) is 1.55. The number of anilines is 1. The van der Waals surface area contributed by atoms with Crippen LogP contribution in [0.25, 0.3) is 5.69 Å². The van der Waals surface area contributed by atoms with Crippen LogP contribution < -0.4 is 10.1 Å². The SMILES string of the molecule is COc1ccc(NC(=O)c2cnn(-c3cccc(C)c3)c2C)cn1. The van der Waals surface area contributed by atoms with Crippen molar-refractivity contribution in [3.63, 3.8) is 0 Å². The molecule has 3 rings (SSSR count). The maximum Gasteiger partial charge on any atom is 0.259 e. The van der Waals surface area contributed by atoms with Crippen LogP contribution in [0.4, 0.5) is 5.69 Å². The Labute approximate surface area is 140 Å². The summed E-state index contributed by atoms with van der Waals surface area (Å²) >= 11 is 0. The number of hydrogen-bond acceptors (Lipinski definition) is 4. The first-order valence-electron chi connectivity index (χ1n) is 7.51. The molecular weight excluding hydrogens is 304 g/mol. The Morgan fingerprint density at radius 2 is 2.00 bits per heavy atom. The molecule has 0 aliphatic rings. The van der Waals surface area contributed by atoms with E-state index in [2.05, 4.69) is 15.4 Å². The molecule has 0 spiro atoms. The molecule has 0 bridgehead atoms. The normalized spacial score (nSPS) is 10.5. The smallest absolute Gasteiger partial charge is 0.259 e. The molecule has 1 N–H and O–H groups in total. The Hall–Kier alpha value is -3.15. The van der Waals surface area contributed by atoms with Crippen molar-refractivity contribution in [2.75, 3.05) is 12.4 Å². The summed E-state index contributed by atoms with van der Waals surface area (Å²) in [5, 5.41) is 7.15. The minimum atomic E-state index is -0.224. The number of carbonyl (C=O) groups excluding carboxylic acids is 1. The van der Waals surface area contributed by atoms with Crippen molar-refractivity contribution in [3.05, 3.63) is 65.6 Å². The molecule has 24 heavy (non-hydrogen) atoms. The maximum absolute atomic E-state index is 12.5. The first-order chi connectivity index (χ1) is 11.6. The lowest BCUT2D eigenvalue weighted by Gasteiger charge is -2.07. The van der Waals surface area contributed by atoms with Gasteiger partial charge in [-0.2, -0.15) is 5.10 Å². The van der Waals surface area contributed by atoms with Crippen molar-refractivity contribution in [1.29, 1.82) is 0 Å². The highest BCUT2D eigenvalue weighted by molar-refractivity contribution is 6.04. The number of ether oxygens (including phenoxy) is 1. The van der Waals surface area contributed by atoms with Crippen LogP contribution in [0.15, 0.2) is 48.8 Å². The Balaban J connectivity index is 1.83. The van der Waals surface area contributed by atoms with Crippen molar-refractivity contribution >= 4 is 11.6 Å². The molecule has 2 aromatic heterocycles. The van der Waals surface area contributed by atoms with Gasteiger partial charge in [0.25, 0.3) is 5.91 Å². The standard InChI is InChI=1S/C18H18N4O2/c1-12-5-4-6-15(9-12)22-13(2)16(11-20-22)18(23)21-14-7-8-17(24-3)19-10-14/h4-11H,1-3H3,(H,21,23). The van der Waals surface area contributed by atoms with Crippen LogP contribution in [-0.4, -0.2) is 27.8 Å². The molecule has 3 aromatic rings. The predicted molar refractivity (Wildman–Crippen MR) is 91.8 cm³/mol. The number of pyridine rings is 1. The quantitative estimate of drug-likeness (QED) is 0.801. The summed E-state index contributed by atoms with van der Waals surface area (Å²) in [6.07, 6.45) is 3.13. The molecule has 0 aliphatic carbocycles. The molecule has 0 fully saturated rings. The zero-order valence-corrected chi connectivity index (χ0v) is 13.8. The van der Waals surface area contributed by atoms with Crippen LogP contribution in [0.5, 0.6) is 5.88 Å². The van der Waals surface area contributed by atoms with Gasteiger partial charge in [-0.25, -0.2) is 9.67 Å². The minimum absolute atomic E-state index is 0.224. The summed E-state index contributed by atoms with van der Waals surface area (Å²) in [6, 6.07) is 11.4. The van der Waals surface area contributed by atoms with E-state index in [4.69, 9.17) is 4.74 Å². The Bertz CT molecular complexity index is 869. The number of hydrogen-bond donors (Lipinski definition) is 1. The monoisotopic (exact) mass is 322 g/mol. The highest BCUT2D eigenvalue weighted by Crippen LogP contribution is 2.17. The van der Waals surface area contributed by atoms with Crippen LogP contribution in [0, 0.1) is 13.8 Å². The molecule has 0 aliphatic heterocycles. The lowest BCUT2D eigenvalue weighted by atomic mass is 10.2. The molecule has 0 saturated heterocycles. The van der Waals surface area contributed by atoms with Crippen molar-refractivity contribution < 1.29 is 9.53 Å². The van der Waals surface area contributed by atoms with Gasteiger partial charge in [-0.15, -0.1) is 0 Å². The van der Waals surface area contributed by atoms with Crippen LogP contribution in [0.2, 0.25) is 0 Å². The van der Waals surface area contributed by atoms with Crippen LogP contribution in [0.1, 0.15) is 21.6 Å². The van der Waals surface area contributed by atoms with Gasteiger partial charge in [0.05, 0.1) is 42.1 Å². The molecule has 2 heterocycles. The van der Waals surface area contributed by atoms with E-state index in [-0.39, 0.29) is 5.91 Å². The van der Waals surface area contributed by atoms with Crippen molar-refractivity contribution in [1.82, 2.24) is 14.8 Å². The number of nitrogens with one attached hydrogen (secondary N) is 1. The van der Waals surface area contributed by atoms with Gasteiger partial charge in [0, 0.05) is 6.07 Å². The fraction of sp³-hybridized carbons (Fsp3) is 0.167. The van der Waals surface area contributed by atoms with Crippen molar-refractivity contribution in [2.24, 2.45) is 0 Å². The third kappa shape index (κ3) is 3.12. The summed E-state index contributed by atoms with van der Waals surface area (Å²) in [4.78, 5) is 16.5. The number of nitrogens with zero attached hydrogens (tertiary/aromatic N) is 3. The first kappa shape index (κ1) is 15.7. The number of benzene rings is 1. The summed E-state index contributed by atoms with van der Waals surface area (Å²) in [5.41, 5.74) is 3.96. The van der Waals surface area contributed by atoms with Gasteiger partial charge in [0.15, 0.2) is 0 Å². The van der Waals surface area contributed by atoms with Gasteiger partial charge < -0.3 is 10.1 Å². The molecule has 122 valence electrons. The molecule has 0 unspecified atom stereocenters. The lowest BCUT2D eigenvalue weighted by molar-refractivity contribution is 0.102. The topological polar surface area (TPSA) is 69.0 Å². The fourth-order valence-corrected chi connectivity index (χ4v) is 2.43. The van der Waals surface area contributed by atoms with Gasteiger partial charge in [-0.05, 0) is 37.6 Å². The van der Waals surface area contributed by atoms with Gasteiger partial charge in [0.2, 0.25) is 5.88 Å². The lowest BCUT2D eigenvalue weighted by Crippen LogP contribution is -2.13. The molecule has 6 heteroatoms. The van der Waals surface area contributed by atoms with E-state index in [0.717, 1.165) is 16.9 Å². The Kier molecular flexibility index (Phi) is 4.29. The van der Waals surface area contributed by atoms with E-state index in [1.165, 1.54) is 0 Å². The fourth-order valence-electron chi connectivity index (χ4n) is 2.43. The van der Waals surface area contributed by atoms with Crippen molar-refractivity contribution in [2.45, 2.75) is 13.8 Å². The van der Waals surface area contributed by atoms with Gasteiger partial charge in [-0.1, -0.05) is 12.1 Å². The number of rotatable bonds is 4. The van der Waals surface area contributed by atoms with E-state index in [0.29, 0.717) is 17.1 Å². The van der Waals surface area contributed by atoms with Gasteiger partial charge in [0.1, 0.15) is 0 Å². The molecule has 0 atom stereocenters. The summed E-state index contributed by atoms with van der Waals surface area (Å²) < 4.78 is 6.76. The predicted octanol–water partition coefficient (Wildman–Crippen LogP) is 3.15. The average Bonchev–Trinajstić information content (AvgIpc) is 2.97. The maximum atomic E-state index is 12.5. The van der Waals surface area contributed by atoms with Gasteiger partial charge >= 0.3 is 0 Å². The van der Waals surface area contributed by atoms with Crippen molar-refractivity contribution in [3.8, 4) is 11.6 Å². The number of aromatic nitrogens is 3. The second-order valence-corrected chi connectivity index (χ2v) is 5.44. The number of carbonyl (C=O) groups is 1. The summed E-state index contributed by atoms with van der Waals surface area (Å²) in [6.45, 7) is 3.89. The third-order valence-corrected chi connectivity index (χ3v) is 3.70. The molecule has 1 amide bonds. The van der Waals surface area contributed by atoms with Crippen LogP contribution in [-0.2, 0) is 0 Å².